The maximum Gasteiger partial charge on any atom is 0.191 e. The molecule has 0 N–H and O–H groups in total. The molecule has 3 aromatic heterocycles. The van der Waals surface area contributed by atoms with E-state index in [1.807, 2.05) is 43.7 Å². The molecule has 1 aliphatic rings. The number of carbonyl (C=O) groups excluding carboxylic acids is 1. The summed E-state index contributed by atoms with van der Waals surface area (Å²) in [5.74, 6) is 2.46. The summed E-state index contributed by atoms with van der Waals surface area (Å²) >= 11 is 1.35. The van der Waals surface area contributed by atoms with Crippen LogP contribution >= 0.6 is 11.8 Å². The first-order valence-electron chi connectivity index (χ1n) is 10.2. The third-order valence-electron chi connectivity index (χ3n) is 5.82. The summed E-state index contributed by atoms with van der Waals surface area (Å²) in [5.41, 5.74) is 2.63. The Bertz CT molecular complexity index is 1190. The molecule has 1 saturated heterocycles. The summed E-state index contributed by atoms with van der Waals surface area (Å²) < 4.78 is 32.7. The first kappa shape index (κ1) is 21.9. The predicted molar refractivity (Wildman–Crippen MR) is 118 cm³/mol. The van der Waals surface area contributed by atoms with Crippen LogP contribution in [-0.2, 0) is 29.9 Å². The Morgan fingerprint density at radius 1 is 1.32 bits per heavy atom. The van der Waals surface area contributed by atoms with Crippen molar-refractivity contribution in [3.63, 3.8) is 0 Å². The number of furan rings is 1. The lowest BCUT2D eigenvalue weighted by Crippen LogP contribution is -2.11. The fourth-order valence-corrected chi connectivity index (χ4v) is 6.71. The second kappa shape index (κ2) is 8.66. The lowest BCUT2D eigenvalue weighted by molar-refractivity contribution is 0.102. The zero-order valence-corrected chi connectivity index (χ0v) is 19.5. The predicted octanol–water partition coefficient (Wildman–Crippen LogP) is 2.83. The average molecular weight is 463 g/mol. The molecule has 4 rings (SSSR count). The minimum atomic E-state index is -2.91. The maximum atomic E-state index is 12.9. The number of sulfone groups is 1. The quantitative estimate of drug-likeness (QED) is 0.375. The smallest absolute Gasteiger partial charge is 0.191 e. The van der Waals surface area contributed by atoms with E-state index in [9.17, 15) is 13.2 Å². The number of hydrogen-bond donors (Lipinski definition) is 0. The van der Waals surface area contributed by atoms with E-state index in [-0.39, 0.29) is 29.0 Å². The lowest BCUT2D eigenvalue weighted by Gasteiger charge is -2.08. The van der Waals surface area contributed by atoms with Gasteiger partial charge in [-0.1, -0.05) is 11.8 Å². The molecule has 1 aliphatic heterocycles. The van der Waals surface area contributed by atoms with Crippen molar-refractivity contribution in [2.75, 3.05) is 17.3 Å². The highest BCUT2D eigenvalue weighted by atomic mass is 32.2. The topological polar surface area (TPSA) is 100.0 Å². The van der Waals surface area contributed by atoms with Gasteiger partial charge in [-0.2, -0.15) is 0 Å². The molecule has 4 heterocycles. The Kier molecular flexibility index (Phi) is 6.11. The Morgan fingerprint density at radius 2 is 2.13 bits per heavy atom. The summed E-state index contributed by atoms with van der Waals surface area (Å²) in [5, 5.41) is 9.10. The van der Waals surface area contributed by atoms with Crippen molar-refractivity contribution >= 4 is 27.4 Å². The monoisotopic (exact) mass is 462 g/mol. The van der Waals surface area contributed by atoms with Gasteiger partial charge >= 0.3 is 0 Å². The van der Waals surface area contributed by atoms with Crippen LogP contribution in [0, 0.1) is 19.8 Å². The van der Waals surface area contributed by atoms with Gasteiger partial charge in [-0.25, -0.2) is 8.42 Å². The number of hydrogen-bond acceptors (Lipinski definition) is 7. The van der Waals surface area contributed by atoms with Crippen LogP contribution in [-0.4, -0.2) is 50.8 Å². The van der Waals surface area contributed by atoms with Crippen LogP contribution in [0.15, 0.2) is 34.0 Å². The van der Waals surface area contributed by atoms with Crippen molar-refractivity contribution < 1.29 is 17.6 Å². The average Bonchev–Trinajstić information content (AvgIpc) is 3.48. The van der Waals surface area contributed by atoms with Crippen molar-refractivity contribution in [3.05, 3.63) is 53.0 Å². The van der Waals surface area contributed by atoms with Crippen LogP contribution in [0.2, 0.25) is 0 Å². The van der Waals surface area contributed by atoms with E-state index in [1.165, 1.54) is 11.8 Å². The molecule has 0 amide bonds. The van der Waals surface area contributed by atoms with Crippen LogP contribution in [0.3, 0.4) is 0 Å². The summed E-state index contributed by atoms with van der Waals surface area (Å²) in [6.07, 6.45) is 2.90. The van der Waals surface area contributed by atoms with E-state index in [4.69, 9.17) is 4.42 Å². The highest BCUT2D eigenvalue weighted by Gasteiger charge is 2.29. The third-order valence-corrected chi connectivity index (χ3v) is 8.68. The molecule has 1 fully saturated rings. The fourth-order valence-electron chi connectivity index (χ4n) is 4.03. The number of nitrogens with zero attached hydrogens (tertiary/aromatic N) is 4. The minimum absolute atomic E-state index is 0.0373. The van der Waals surface area contributed by atoms with E-state index >= 15 is 0 Å². The van der Waals surface area contributed by atoms with Gasteiger partial charge in [0.05, 0.1) is 30.1 Å². The van der Waals surface area contributed by atoms with Gasteiger partial charge in [0.2, 0.25) is 0 Å². The molecule has 0 saturated carbocycles. The maximum absolute atomic E-state index is 12.9. The minimum Gasteiger partial charge on any atom is -0.467 e. The Morgan fingerprint density at radius 3 is 2.81 bits per heavy atom. The largest absolute Gasteiger partial charge is 0.467 e. The van der Waals surface area contributed by atoms with Gasteiger partial charge in [0.25, 0.3) is 0 Å². The van der Waals surface area contributed by atoms with Gasteiger partial charge in [0.1, 0.15) is 11.6 Å². The number of thioether (sulfide) groups is 1. The molecule has 31 heavy (non-hydrogen) atoms. The number of Topliss-reactive ketones (excluding diaryl/α,β-unsaturated/α-hetero) is 1. The Labute approximate surface area is 186 Å². The molecule has 0 aliphatic carbocycles. The Balaban J connectivity index is 1.40. The van der Waals surface area contributed by atoms with Gasteiger partial charge in [-0.15, -0.1) is 10.2 Å². The summed E-state index contributed by atoms with van der Waals surface area (Å²) in [6, 6.07) is 5.69. The zero-order valence-electron chi connectivity index (χ0n) is 17.9. The highest BCUT2D eigenvalue weighted by molar-refractivity contribution is 7.99. The number of rotatable bonds is 8. The van der Waals surface area contributed by atoms with Crippen LogP contribution < -0.4 is 0 Å². The molecule has 0 spiro atoms. The van der Waals surface area contributed by atoms with E-state index in [0.717, 1.165) is 23.0 Å². The van der Waals surface area contributed by atoms with E-state index in [0.29, 0.717) is 30.1 Å². The summed E-state index contributed by atoms with van der Waals surface area (Å²) in [6.45, 7) is 4.52. The highest BCUT2D eigenvalue weighted by Crippen LogP contribution is 2.25. The number of carbonyl (C=O) groups is 1. The van der Waals surface area contributed by atoms with Crippen molar-refractivity contribution in [2.45, 2.75) is 38.4 Å². The standard InChI is InChI=1S/C21H26N4O4S2/c1-14-9-18(15(2)25(14)11-17-5-4-7-29-17)19(26)12-30-21-23-22-20(24(21)3)10-16-6-8-31(27,28)13-16/h4-5,7,9,16H,6,8,10-13H2,1-3H3/t16-/m1/s1. The number of ketones is 1. The van der Waals surface area contributed by atoms with Crippen LogP contribution in [0.5, 0.6) is 0 Å². The molecular weight excluding hydrogens is 436 g/mol. The van der Waals surface area contributed by atoms with E-state index in [2.05, 4.69) is 14.8 Å². The van der Waals surface area contributed by atoms with Crippen molar-refractivity contribution in [2.24, 2.45) is 13.0 Å². The van der Waals surface area contributed by atoms with Gasteiger partial charge in [0, 0.05) is 30.4 Å². The second-order valence-corrected chi connectivity index (χ2v) is 11.3. The van der Waals surface area contributed by atoms with Crippen LogP contribution in [0.4, 0.5) is 0 Å². The molecule has 10 heteroatoms. The molecular formula is C21H26N4O4S2. The van der Waals surface area contributed by atoms with Crippen molar-refractivity contribution in [1.29, 1.82) is 0 Å². The zero-order chi connectivity index (χ0) is 22.2. The number of aromatic nitrogens is 4. The van der Waals surface area contributed by atoms with E-state index in [1.54, 1.807) is 6.26 Å². The van der Waals surface area contributed by atoms with Crippen LogP contribution in [0.1, 0.15) is 39.8 Å². The van der Waals surface area contributed by atoms with Crippen molar-refractivity contribution in [1.82, 2.24) is 19.3 Å². The molecule has 166 valence electrons. The summed E-state index contributed by atoms with van der Waals surface area (Å²) in [7, 11) is -1.05. The molecule has 0 radical (unpaired) electrons. The second-order valence-electron chi connectivity index (χ2n) is 8.09. The molecule has 1 atom stereocenters. The molecule has 3 aromatic rings. The SMILES string of the molecule is Cc1cc(C(=O)CSc2nnc(C[C@H]3CCS(=O)(=O)C3)n2C)c(C)n1Cc1ccco1. The van der Waals surface area contributed by atoms with Crippen LogP contribution in [0.25, 0.3) is 0 Å². The van der Waals surface area contributed by atoms with Gasteiger partial charge in [0.15, 0.2) is 20.8 Å². The molecule has 0 unspecified atom stereocenters. The Hall–Kier alpha value is -2.33. The first-order chi connectivity index (χ1) is 14.7. The van der Waals surface area contributed by atoms with Gasteiger partial charge in [-0.05, 0) is 44.4 Å². The molecule has 0 aromatic carbocycles. The lowest BCUT2D eigenvalue weighted by atomic mass is 10.1. The van der Waals surface area contributed by atoms with Crippen molar-refractivity contribution in [3.8, 4) is 0 Å². The van der Waals surface area contributed by atoms with Gasteiger partial charge in [-0.3, -0.25) is 4.79 Å². The fraction of sp³-hybridized carbons (Fsp3) is 0.476. The third kappa shape index (κ3) is 4.79. The molecule has 8 nitrogen and oxygen atoms in total. The van der Waals surface area contributed by atoms with Gasteiger partial charge < -0.3 is 13.6 Å². The normalized spacial score (nSPS) is 18.0. The first-order valence-corrected chi connectivity index (χ1v) is 13.0. The van der Waals surface area contributed by atoms with E-state index < -0.39 is 9.84 Å². The number of aryl methyl sites for hydroxylation is 1. The molecule has 0 bridgehead atoms. The summed E-state index contributed by atoms with van der Waals surface area (Å²) in [4.78, 5) is 12.9.